The standard InChI is InChI=1S/C54H66BrN7O7/c1-9-61-45-17-15-36-26-41(45)42(49(61)40-14-11-21-56-47(40)32(2)3)28-54(6,7)31-69-53(67)44-27-38(55)30-62(58-44)52(66)43(25-34-12-10-13-35(36)24-34)57-50(64)48(33(4)5)59(8)51(65)37-19-22-60(29-37)46(63)18-16-39-20-23-68-39/h10-15,17,21,24,26,32-33,37-39,43-44,48,58H,9,19-20,22-23,25,27-31H2,1-8H3,(H,57,64)/t37-,38?,39+,43-,44-,48-/m0/s1. The van der Waals surface area contributed by atoms with E-state index in [-0.39, 0.29) is 60.7 Å². The molecule has 15 heteroatoms. The Morgan fingerprint density at radius 3 is 2.51 bits per heavy atom. The van der Waals surface area contributed by atoms with E-state index < -0.39 is 47.2 Å². The molecule has 366 valence electrons. The molecule has 69 heavy (non-hydrogen) atoms. The maximum absolute atomic E-state index is 14.9. The number of likely N-dealkylation sites (tertiary alicyclic amines) is 1. The second-order valence-electron chi connectivity index (χ2n) is 20.6. The van der Waals surface area contributed by atoms with Gasteiger partial charge in [-0.3, -0.25) is 34.0 Å². The van der Waals surface area contributed by atoms with Crippen LogP contribution in [0.2, 0.25) is 0 Å². The van der Waals surface area contributed by atoms with Crippen molar-refractivity contribution in [2.45, 2.75) is 122 Å². The summed E-state index contributed by atoms with van der Waals surface area (Å²) < 4.78 is 13.9. The van der Waals surface area contributed by atoms with Crippen LogP contribution in [0, 0.1) is 29.1 Å². The average molecular weight is 1010 g/mol. The molecule has 0 aliphatic carbocycles. The SMILES string of the molecule is CCn1c(-c2cccnc2C(C)C)c2c3cc(ccc31)-c1cccc(c1)C[C@H](NC(=O)[C@H](C(C)C)N(C)C(=O)[C@H]1CCN(C(=O)C#C[C@@H]3CCO3)C1)C(=O)N1CC(Br)C[C@H](N1)C(=O)OCC(C)(C)C2. The molecule has 2 aromatic carbocycles. The van der Waals surface area contributed by atoms with E-state index in [1.165, 1.54) is 9.91 Å². The summed E-state index contributed by atoms with van der Waals surface area (Å²) in [5.74, 6) is 2.88. The minimum absolute atomic E-state index is 0.130. The number of nitrogens with zero attached hydrogens (tertiary/aromatic N) is 5. The number of esters is 1. The Balaban J connectivity index is 1.14. The fourth-order valence-corrected chi connectivity index (χ4v) is 11.0. The molecule has 1 unspecified atom stereocenters. The van der Waals surface area contributed by atoms with Crippen molar-refractivity contribution in [1.29, 1.82) is 0 Å². The molecule has 3 saturated heterocycles. The number of alkyl halides is 1. The Kier molecular flexibility index (Phi) is 15.0. The smallest absolute Gasteiger partial charge is 0.325 e. The highest BCUT2D eigenvalue weighted by atomic mass is 79.9. The molecule has 4 amide bonds. The number of likely N-dealkylation sites (N-methyl/N-ethyl adjacent to an activating group) is 1. The number of halogens is 1. The van der Waals surface area contributed by atoms with Crippen LogP contribution in [0.25, 0.3) is 33.3 Å². The fraction of sp³-hybridized carbons (Fsp3) is 0.519. The number of amides is 4. The number of aryl methyl sites for hydroxylation is 1. The fourth-order valence-electron chi connectivity index (χ4n) is 10.3. The molecule has 6 bridgehead atoms. The molecule has 4 aromatic rings. The lowest BCUT2D eigenvalue weighted by molar-refractivity contribution is -0.155. The second kappa shape index (κ2) is 20.8. The van der Waals surface area contributed by atoms with Crippen LogP contribution >= 0.6 is 15.9 Å². The van der Waals surface area contributed by atoms with Crippen molar-refractivity contribution in [3.05, 3.63) is 77.6 Å². The molecule has 6 atom stereocenters. The Morgan fingerprint density at radius 1 is 1.03 bits per heavy atom. The van der Waals surface area contributed by atoms with E-state index in [1.807, 2.05) is 38.2 Å². The number of hydrogen-bond acceptors (Lipinski definition) is 9. The molecule has 0 radical (unpaired) electrons. The highest BCUT2D eigenvalue weighted by Crippen LogP contribution is 2.42. The van der Waals surface area contributed by atoms with Gasteiger partial charge in [-0.05, 0) is 90.5 Å². The van der Waals surface area contributed by atoms with E-state index in [0.717, 1.165) is 63.1 Å². The molecule has 2 aromatic heterocycles. The lowest BCUT2D eigenvalue weighted by Gasteiger charge is -2.38. The summed E-state index contributed by atoms with van der Waals surface area (Å²) in [6.07, 6.45) is 3.99. The Bertz CT molecular complexity index is 2680. The quantitative estimate of drug-likeness (QED) is 0.112. The number of fused-ring (bicyclic) bond motifs is 6. The molecular weight excluding hydrogens is 939 g/mol. The number of ether oxygens (including phenoxy) is 2. The van der Waals surface area contributed by atoms with Gasteiger partial charge in [0.25, 0.3) is 11.8 Å². The van der Waals surface area contributed by atoms with Gasteiger partial charge in [-0.1, -0.05) is 93.7 Å². The predicted octanol–water partition coefficient (Wildman–Crippen LogP) is 6.66. The first kappa shape index (κ1) is 49.8. The molecule has 2 N–H and O–H groups in total. The number of benzene rings is 2. The van der Waals surface area contributed by atoms with E-state index in [1.54, 1.807) is 11.9 Å². The summed E-state index contributed by atoms with van der Waals surface area (Å²) in [6, 6.07) is 15.9. The first-order chi connectivity index (χ1) is 32.9. The number of hydrazine groups is 1. The molecule has 4 aliphatic heterocycles. The second-order valence-corrected chi connectivity index (χ2v) is 21.9. The number of cyclic esters (lactones) is 1. The summed E-state index contributed by atoms with van der Waals surface area (Å²) >= 11 is 3.72. The van der Waals surface area contributed by atoms with Crippen LogP contribution in [0.4, 0.5) is 0 Å². The van der Waals surface area contributed by atoms with Gasteiger partial charge in [0.1, 0.15) is 24.2 Å². The largest absolute Gasteiger partial charge is 0.464 e. The molecule has 14 nitrogen and oxygen atoms in total. The minimum Gasteiger partial charge on any atom is -0.464 e. The average Bonchev–Trinajstić information content (AvgIpc) is 3.92. The van der Waals surface area contributed by atoms with E-state index in [2.05, 4.69) is 114 Å². The highest BCUT2D eigenvalue weighted by Gasteiger charge is 2.41. The minimum atomic E-state index is -1.08. The van der Waals surface area contributed by atoms with Crippen LogP contribution in [-0.2, 0) is 52.8 Å². The zero-order valence-corrected chi connectivity index (χ0v) is 42.7. The van der Waals surface area contributed by atoms with E-state index in [9.17, 15) is 24.0 Å². The Morgan fingerprint density at radius 2 is 1.80 bits per heavy atom. The summed E-state index contributed by atoms with van der Waals surface area (Å²) in [4.78, 5) is 78.3. The van der Waals surface area contributed by atoms with Crippen LogP contribution in [-0.4, -0.2) is 123 Å². The van der Waals surface area contributed by atoms with Gasteiger partial charge in [-0.15, -0.1) is 0 Å². The Hall–Kier alpha value is -5.56. The third kappa shape index (κ3) is 10.8. The van der Waals surface area contributed by atoms with Gasteiger partial charge in [0, 0.05) is 79.0 Å². The van der Waals surface area contributed by atoms with Gasteiger partial charge >= 0.3 is 5.97 Å². The molecule has 8 rings (SSSR count). The maximum atomic E-state index is 14.9. The van der Waals surface area contributed by atoms with Gasteiger partial charge in [-0.2, -0.15) is 0 Å². The molecule has 6 heterocycles. The van der Waals surface area contributed by atoms with Crippen molar-refractivity contribution in [2.24, 2.45) is 17.3 Å². The monoisotopic (exact) mass is 1000 g/mol. The summed E-state index contributed by atoms with van der Waals surface area (Å²) in [5, 5.41) is 5.59. The number of carbonyl (C=O) groups excluding carboxylic acids is 5. The van der Waals surface area contributed by atoms with Gasteiger partial charge in [0.2, 0.25) is 11.8 Å². The lowest BCUT2D eigenvalue weighted by atomic mass is 9.83. The number of pyridine rings is 1. The number of hydrogen-bond donors (Lipinski definition) is 2. The number of carbonyl (C=O) groups is 5. The van der Waals surface area contributed by atoms with Crippen molar-refractivity contribution in [3.8, 4) is 34.2 Å². The number of rotatable bonds is 8. The van der Waals surface area contributed by atoms with Crippen LogP contribution in [0.3, 0.4) is 0 Å². The molecule has 0 spiro atoms. The summed E-state index contributed by atoms with van der Waals surface area (Å²) in [5.41, 5.74) is 10.9. The third-order valence-electron chi connectivity index (χ3n) is 14.0. The lowest BCUT2D eigenvalue weighted by Crippen LogP contribution is -2.64. The van der Waals surface area contributed by atoms with E-state index in [0.29, 0.717) is 32.4 Å². The van der Waals surface area contributed by atoms with Gasteiger partial charge < -0.3 is 29.2 Å². The van der Waals surface area contributed by atoms with E-state index >= 15 is 0 Å². The van der Waals surface area contributed by atoms with Crippen LogP contribution < -0.4 is 10.7 Å². The first-order valence-corrected chi connectivity index (χ1v) is 25.4. The normalized spacial score (nSPS) is 23.1. The first-order valence-electron chi connectivity index (χ1n) is 24.5. The van der Waals surface area contributed by atoms with Gasteiger partial charge in [-0.25, -0.2) is 5.43 Å². The van der Waals surface area contributed by atoms with Crippen molar-refractivity contribution in [1.82, 2.24) is 35.1 Å². The van der Waals surface area contributed by atoms with Crippen molar-refractivity contribution >= 4 is 56.4 Å². The Labute approximate surface area is 414 Å². The third-order valence-corrected chi connectivity index (χ3v) is 14.6. The van der Waals surface area contributed by atoms with Crippen molar-refractivity contribution < 1.29 is 33.4 Å². The number of nitrogens with one attached hydrogen (secondary N) is 2. The highest BCUT2D eigenvalue weighted by molar-refractivity contribution is 9.09. The van der Waals surface area contributed by atoms with Gasteiger partial charge in [0.15, 0.2) is 0 Å². The maximum Gasteiger partial charge on any atom is 0.325 e. The van der Waals surface area contributed by atoms with Crippen molar-refractivity contribution in [2.75, 3.05) is 39.9 Å². The molecule has 0 saturated carbocycles. The molecule has 4 aliphatic rings. The van der Waals surface area contributed by atoms with Crippen LogP contribution in [0.15, 0.2) is 60.8 Å². The topological polar surface area (TPSA) is 155 Å². The zero-order chi connectivity index (χ0) is 49.3. The van der Waals surface area contributed by atoms with Crippen molar-refractivity contribution in [3.63, 3.8) is 0 Å². The van der Waals surface area contributed by atoms with Gasteiger partial charge in [0.05, 0.1) is 30.5 Å². The molecular formula is C54H66BrN7O7. The molecule has 3 fully saturated rings. The van der Waals surface area contributed by atoms with Crippen LogP contribution in [0.5, 0.6) is 0 Å². The zero-order valence-electron chi connectivity index (χ0n) is 41.1. The van der Waals surface area contributed by atoms with Crippen LogP contribution in [0.1, 0.15) is 90.5 Å². The summed E-state index contributed by atoms with van der Waals surface area (Å²) in [7, 11) is 1.61. The summed E-state index contributed by atoms with van der Waals surface area (Å²) in [6.45, 7) is 16.8. The van der Waals surface area contributed by atoms with E-state index in [4.69, 9.17) is 14.5 Å². The predicted molar refractivity (Wildman–Crippen MR) is 269 cm³/mol. The number of aromatic nitrogens is 2.